The topological polar surface area (TPSA) is 65.5 Å². The number of benzene rings is 1. The molecule has 1 heterocycles. The predicted molar refractivity (Wildman–Crippen MR) is 97.2 cm³/mol. The second-order valence-corrected chi connectivity index (χ2v) is 6.01. The molecule has 24 heavy (non-hydrogen) atoms. The third-order valence-corrected chi connectivity index (χ3v) is 3.95. The van der Waals surface area contributed by atoms with Gasteiger partial charge < -0.3 is 15.3 Å². The molecule has 0 aliphatic carbocycles. The molecule has 0 aliphatic heterocycles. The molecule has 1 amide bonds. The Kier molecular flexibility index (Phi) is 6.32. The number of amides is 1. The molecule has 5 heteroatoms. The van der Waals surface area contributed by atoms with E-state index in [1.165, 1.54) is 0 Å². The Morgan fingerprint density at radius 3 is 2.54 bits per heavy atom. The van der Waals surface area contributed by atoms with Crippen LogP contribution in [0.15, 0.2) is 42.7 Å². The highest BCUT2D eigenvalue weighted by molar-refractivity contribution is 5.95. The molecule has 1 atom stereocenters. The van der Waals surface area contributed by atoms with E-state index in [1.54, 1.807) is 12.4 Å². The van der Waals surface area contributed by atoms with Crippen molar-refractivity contribution in [3.63, 3.8) is 0 Å². The first kappa shape index (κ1) is 17.9. The van der Waals surface area contributed by atoms with Crippen LogP contribution in [0.3, 0.4) is 0 Å². The maximum absolute atomic E-state index is 12.2. The lowest BCUT2D eigenvalue weighted by Gasteiger charge is -2.13. The van der Waals surface area contributed by atoms with E-state index in [2.05, 4.69) is 10.3 Å². The Balaban J connectivity index is 2.06. The molecule has 0 aliphatic rings. The van der Waals surface area contributed by atoms with Gasteiger partial charge >= 0.3 is 0 Å². The number of aliphatic hydroxyl groups excluding tert-OH is 1. The molecule has 0 saturated heterocycles. The van der Waals surface area contributed by atoms with Gasteiger partial charge in [-0.05, 0) is 36.6 Å². The number of pyridine rings is 1. The minimum absolute atomic E-state index is 0.169. The summed E-state index contributed by atoms with van der Waals surface area (Å²) in [5, 5.41) is 12.3. The molecule has 128 valence electrons. The fourth-order valence-corrected chi connectivity index (χ4v) is 2.33. The van der Waals surface area contributed by atoms with E-state index >= 15 is 0 Å². The van der Waals surface area contributed by atoms with Crippen LogP contribution in [-0.2, 0) is 0 Å². The molecule has 0 radical (unpaired) electrons. The monoisotopic (exact) mass is 327 g/mol. The van der Waals surface area contributed by atoms with Gasteiger partial charge in [-0.25, -0.2) is 0 Å². The average molecular weight is 327 g/mol. The van der Waals surface area contributed by atoms with Crippen LogP contribution >= 0.6 is 0 Å². The van der Waals surface area contributed by atoms with Crippen LogP contribution < -0.4 is 10.2 Å². The molecule has 2 N–H and O–H groups in total. The summed E-state index contributed by atoms with van der Waals surface area (Å²) in [5.74, 6) is -0.169. The molecule has 0 bridgehead atoms. The second-order valence-electron chi connectivity index (χ2n) is 6.01. The predicted octanol–water partition coefficient (Wildman–Crippen LogP) is 2.71. The quantitative estimate of drug-likeness (QED) is 0.820. The number of hydrogen-bond acceptors (Lipinski definition) is 4. The Morgan fingerprint density at radius 1 is 1.21 bits per heavy atom. The van der Waals surface area contributed by atoms with E-state index in [1.807, 2.05) is 56.3 Å². The summed E-state index contributed by atoms with van der Waals surface area (Å²) in [7, 11) is 3.99. The van der Waals surface area contributed by atoms with Crippen molar-refractivity contribution in [2.75, 3.05) is 25.5 Å². The molecule has 2 aromatic rings. The Bertz CT molecular complexity index is 669. The van der Waals surface area contributed by atoms with Crippen LogP contribution in [0.25, 0.3) is 11.1 Å². The number of nitrogens with one attached hydrogen (secondary N) is 1. The summed E-state index contributed by atoms with van der Waals surface area (Å²) in [5.41, 5.74) is 3.57. The molecular formula is C19H25N3O2. The number of aromatic nitrogens is 1. The fraction of sp³-hybridized carbons (Fsp3) is 0.368. The van der Waals surface area contributed by atoms with Gasteiger partial charge in [0.05, 0.1) is 11.7 Å². The van der Waals surface area contributed by atoms with Crippen molar-refractivity contribution >= 4 is 11.6 Å². The van der Waals surface area contributed by atoms with Gasteiger partial charge in [0, 0.05) is 44.3 Å². The van der Waals surface area contributed by atoms with Gasteiger partial charge in [0.1, 0.15) is 0 Å². The van der Waals surface area contributed by atoms with Crippen LogP contribution in [-0.4, -0.2) is 42.7 Å². The number of carbonyl (C=O) groups is 1. The first-order chi connectivity index (χ1) is 11.5. The highest BCUT2D eigenvalue weighted by Gasteiger charge is 2.09. The molecule has 0 fully saturated rings. The molecule has 0 saturated carbocycles. The van der Waals surface area contributed by atoms with E-state index < -0.39 is 0 Å². The summed E-state index contributed by atoms with van der Waals surface area (Å²) in [6.45, 7) is 2.37. The molecule has 2 rings (SSSR count). The van der Waals surface area contributed by atoms with Crippen molar-refractivity contribution in [3.8, 4) is 11.1 Å². The Morgan fingerprint density at radius 2 is 1.92 bits per heavy atom. The summed E-state index contributed by atoms with van der Waals surface area (Å²) in [6, 6.07) is 9.95. The van der Waals surface area contributed by atoms with Crippen LogP contribution in [0, 0.1) is 0 Å². The summed E-state index contributed by atoms with van der Waals surface area (Å²) < 4.78 is 0. The molecule has 1 aromatic carbocycles. The van der Waals surface area contributed by atoms with Crippen molar-refractivity contribution < 1.29 is 9.90 Å². The zero-order chi connectivity index (χ0) is 17.5. The largest absolute Gasteiger partial charge is 0.393 e. The van der Waals surface area contributed by atoms with Gasteiger partial charge in [-0.1, -0.05) is 19.1 Å². The first-order valence-corrected chi connectivity index (χ1v) is 8.20. The SMILES string of the molecule is CCC(O)CCNC(=O)c1cncc(-c2ccc(N(C)C)cc2)c1. The van der Waals surface area contributed by atoms with Crippen LogP contribution in [0.2, 0.25) is 0 Å². The van der Waals surface area contributed by atoms with Gasteiger partial charge in [0.25, 0.3) is 5.91 Å². The lowest BCUT2D eigenvalue weighted by atomic mass is 10.1. The van der Waals surface area contributed by atoms with E-state index in [0.29, 0.717) is 24.9 Å². The number of rotatable bonds is 7. The normalized spacial score (nSPS) is 11.8. The number of hydrogen-bond donors (Lipinski definition) is 2. The number of aliphatic hydroxyl groups is 1. The number of carbonyl (C=O) groups excluding carboxylic acids is 1. The van der Waals surface area contributed by atoms with Gasteiger partial charge in [-0.15, -0.1) is 0 Å². The van der Waals surface area contributed by atoms with Gasteiger partial charge in [0.15, 0.2) is 0 Å². The average Bonchev–Trinajstić information content (AvgIpc) is 2.61. The fourth-order valence-electron chi connectivity index (χ4n) is 2.33. The lowest BCUT2D eigenvalue weighted by molar-refractivity contribution is 0.0941. The van der Waals surface area contributed by atoms with Crippen LogP contribution in [0.1, 0.15) is 30.1 Å². The maximum atomic E-state index is 12.2. The summed E-state index contributed by atoms with van der Waals surface area (Å²) in [6.07, 6.45) is 4.19. The van der Waals surface area contributed by atoms with Gasteiger partial charge in [0.2, 0.25) is 0 Å². The molecule has 5 nitrogen and oxygen atoms in total. The first-order valence-electron chi connectivity index (χ1n) is 8.20. The van der Waals surface area contributed by atoms with E-state index in [4.69, 9.17) is 0 Å². The molecule has 1 aromatic heterocycles. The van der Waals surface area contributed by atoms with Gasteiger partial charge in [-0.2, -0.15) is 0 Å². The zero-order valence-corrected chi connectivity index (χ0v) is 14.5. The van der Waals surface area contributed by atoms with Crippen molar-refractivity contribution in [3.05, 3.63) is 48.3 Å². The number of anilines is 1. The third-order valence-electron chi connectivity index (χ3n) is 3.95. The van der Waals surface area contributed by atoms with Gasteiger partial charge in [-0.3, -0.25) is 9.78 Å². The summed E-state index contributed by atoms with van der Waals surface area (Å²) >= 11 is 0. The Hall–Kier alpha value is -2.40. The van der Waals surface area contributed by atoms with Crippen molar-refractivity contribution in [2.45, 2.75) is 25.9 Å². The standard InChI is InChI=1S/C19H25N3O2/c1-4-18(23)9-10-21-19(24)16-11-15(12-20-13-16)14-5-7-17(8-6-14)22(2)3/h5-8,11-13,18,23H,4,9-10H2,1-3H3,(H,21,24). The Labute approximate surface area is 143 Å². The highest BCUT2D eigenvalue weighted by atomic mass is 16.3. The maximum Gasteiger partial charge on any atom is 0.252 e. The van der Waals surface area contributed by atoms with Crippen LogP contribution in [0.4, 0.5) is 5.69 Å². The zero-order valence-electron chi connectivity index (χ0n) is 14.5. The molecular weight excluding hydrogens is 302 g/mol. The van der Waals surface area contributed by atoms with Crippen molar-refractivity contribution in [2.24, 2.45) is 0 Å². The minimum atomic E-state index is -0.370. The second kappa shape index (κ2) is 8.45. The van der Waals surface area contributed by atoms with Crippen molar-refractivity contribution in [1.29, 1.82) is 0 Å². The lowest BCUT2D eigenvalue weighted by Crippen LogP contribution is -2.27. The number of nitrogens with zero attached hydrogens (tertiary/aromatic N) is 2. The third kappa shape index (κ3) is 4.80. The van der Waals surface area contributed by atoms with Crippen LogP contribution in [0.5, 0.6) is 0 Å². The summed E-state index contributed by atoms with van der Waals surface area (Å²) in [4.78, 5) is 18.4. The minimum Gasteiger partial charge on any atom is -0.393 e. The van der Waals surface area contributed by atoms with E-state index in [0.717, 1.165) is 16.8 Å². The van der Waals surface area contributed by atoms with E-state index in [9.17, 15) is 9.90 Å². The highest BCUT2D eigenvalue weighted by Crippen LogP contribution is 2.22. The van der Waals surface area contributed by atoms with E-state index in [-0.39, 0.29) is 12.0 Å². The van der Waals surface area contributed by atoms with Crippen molar-refractivity contribution in [1.82, 2.24) is 10.3 Å². The molecule has 0 spiro atoms. The molecule has 1 unspecified atom stereocenters. The smallest absolute Gasteiger partial charge is 0.252 e.